The lowest BCUT2D eigenvalue weighted by atomic mass is 10.1. The van der Waals surface area contributed by atoms with Crippen LogP contribution >= 0.6 is 0 Å². The normalized spacial score (nSPS) is 10.6. The Labute approximate surface area is 152 Å². The summed E-state index contributed by atoms with van der Waals surface area (Å²) in [4.78, 5) is 12.1. The number of rotatable bonds is 6. The highest BCUT2D eigenvalue weighted by molar-refractivity contribution is 5.92. The van der Waals surface area contributed by atoms with E-state index in [1.54, 1.807) is 12.1 Å². The van der Waals surface area contributed by atoms with Gasteiger partial charge < -0.3 is 14.5 Å². The summed E-state index contributed by atoms with van der Waals surface area (Å²) in [5.74, 6) is 1.47. The second-order valence-electron chi connectivity index (χ2n) is 6.03. The van der Waals surface area contributed by atoms with Gasteiger partial charge in [-0.25, -0.2) is 0 Å². The van der Waals surface area contributed by atoms with Gasteiger partial charge >= 0.3 is 0 Å². The summed E-state index contributed by atoms with van der Waals surface area (Å²) in [6.07, 6.45) is 0.698. The first-order chi connectivity index (χ1) is 12.5. The summed E-state index contributed by atoms with van der Waals surface area (Å²) in [6, 6.07) is 13.1. The first kappa shape index (κ1) is 17.7. The molecule has 1 heterocycles. The maximum Gasteiger partial charge on any atom is 0.262 e. The van der Waals surface area contributed by atoms with Crippen molar-refractivity contribution in [1.82, 2.24) is 10.2 Å². The van der Waals surface area contributed by atoms with Gasteiger partial charge in [-0.15, -0.1) is 10.2 Å². The lowest BCUT2D eigenvalue weighted by molar-refractivity contribution is -0.118. The third kappa shape index (κ3) is 4.27. The number of ether oxygens (including phenoxy) is 1. The van der Waals surface area contributed by atoms with Gasteiger partial charge in [-0.2, -0.15) is 0 Å². The molecule has 0 saturated heterocycles. The van der Waals surface area contributed by atoms with E-state index in [9.17, 15) is 4.79 Å². The molecule has 6 nitrogen and oxygen atoms in total. The fraction of sp³-hybridized carbons (Fsp3) is 0.250. The predicted molar refractivity (Wildman–Crippen MR) is 99.2 cm³/mol. The van der Waals surface area contributed by atoms with Gasteiger partial charge in [0.1, 0.15) is 5.75 Å². The van der Waals surface area contributed by atoms with E-state index < -0.39 is 0 Å². The number of aryl methyl sites for hydroxylation is 3. The highest BCUT2D eigenvalue weighted by atomic mass is 16.5. The molecule has 0 spiro atoms. The van der Waals surface area contributed by atoms with Gasteiger partial charge in [0.25, 0.3) is 5.91 Å². The van der Waals surface area contributed by atoms with E-state index in [1.807, 2.05) is 51.1 Å². The van der Waals surface area contributed by atoms with Crippen molar-refractivity contribution in [2.24, 2.45) is 0 Å². The number of carbonyl (C=O) groups excluding carboxylic acids is 1. The lowest BCUT2D eigenvalue weighted by Crippen LogP contribution is -2.20. The van der Waals surface area contributed by atoms with E-state index in [2.05, 4.69) is 15.5 Å². The molecule has 6 heteroatoms. The van der Waals surface area contributed by atoms with Crippen molar-refractivity contribution < 1.29 is 13.9 Å². The molecule has 3 rings (SSSR count). The Bertz CT molecular complexity index is 901. The molecule has 1 aromatic heterocycles. The fourth-order valence-corrected chi connectivity index (χ4v) is 2.41. The van der Waals surface area contributed by atoms with Gasteiger partial charge in [0.05, 0.1) is 0 Å². The molecule has 0 unspecified atom stereocenters. The van der Waals surface area contributed by atoms with E-state index in [1.165, 1.54) is 0 Å². The van der Waals surface area contributed by atoms with E-state index >= 15 is 0 Å². The fourth-order valence-electron chi connectivity index (χ4n) is 2.41. The minimum Gasteiger partial charge on any atom is -0.484 e. The maximum atomic E-state index is 12.1. The molecule has 0 radical (unpaired) electrons. The Morgan fingerprint density at radius 1 is 1.12 bits per heavy atom. The standard InChI is InChI=1S/C20H21N3O3/c1-4-19-22-23-20(26-19)15-7-9-16(10-8-15)25-12-18(24)21-17-11-13(2)5-6-14(17)3/h5-11H,4,12H2,1-3H3,(H,21,24). The molecule has 26 heavy (non-hydrogen) atoms. The van der Waals surface area contributed by atoms with Gasteiger partial charge in [-0.05, 0) is 55.3 Å². The van der Waals surface area contributed by atoms with Crippen LogP contribution in [-0.2, 0) is 11.2 Å². The van der Waals surface area contributed by atoms with Crippen molar-refractivity contribution in [3.63, 3.8) is 0 Å². The largest absolute Gasteiger partial charge is 0.484 e. The third-order valence-electron chi connectivity index (χ3n) is 3.91. The Morgan fingerprint density at radius 2 is 1.88 bits per heavy atom. The van der Waals surface area contributed by atoms with E-state index in [0.29, 0.717) is 24.0 Å². The summed E-state index contributed by atoms with van der Waals surface area (Å²) >= 11 is 0. The average molecular weight is 351 g/mol. The van der Waals surface area contributed by atoms with Crippen LogP contribution in [0.2, 0.25) is 0 Å². The van der Waals surface area contributed by atoms with Crippen molar-refractivity contribution in [3.8, 4) is 17.2 Å². The van der Waals surface area contributed by atoms with Crippen molar-refractivity contribution in [1.29, 1.82) is 0 Å². The molecular weight excluding hydrogens is 330 g/mol. The molecule has 1 amide bonds. The van der Waals surface area contributed by atoms with Crippen LogP contribution in [0, 0.1) is 13.8 Å². The molecule has 3 aromatic rings. The number of benzene rings is 2. The van der Waals surface area contributed by atoms with Crippen LogP contribution in [0.4, 0.5) is 5.69 Å². The summed E-state index contributed by atoms with van der Waals surface area (Å²) in [5, 5.41) is 10.8. The molecule has 0 atom stereocenters. The highest BCUT2D eigenvalue weighted by Gasteiger charge is 2.09. The zero-order chi connectivity index (χ0) is 18.5. The first-order valence-electron chi connectivity index (χ1n) is 8.48. The van der Waals surface area contributed by atoms with Gasteiger partial charge in [0, 0.05) is 17.7 Å². The SMILES string of the molecule is CCc1nnc(-c2ccc(OCC(=O)Nc3cc(C)ccc3C)cc2)o1. The van der Waals surface area contributed by atoms with Crippen LogP contribution in [0.1, 0.15) is 23.9 Å². The Kier molecular flexibility index (Phi) is 5.31. The summed E-state index contributed by atoms with van der Waals surface area (Å²) in [6.45, 7) is 5.83. The number of nitrogens with one attached hydrogen (secondary N) is 1. The molecule has 0 aliphatic carbocycles. The zero-order valence-corrected chi connectivity index (χ0v) is 15.1. The van der Waals surface area contributed by atoms with E-state index in [0.717, 1.165) is 22.4 Å². The number of amides is 1. The van der Waals surface area contributed by atoms with Gasteiger partial charge in [0.15, 0.2) is 6.61 Å². The van der Waals surface area contributed by atoms with Crippen LogP contribution in [0.15, 0.2) is 46.9 Å². The van der Waals surface area contributed by atoms with Gasteiger partial charge in [0.2, 0.25) is 11.8 Å². The average Bonchev–Trinajstić information content (AvgIpc) is 3.13. The van der Waals surface area contributed by atoms with Gasteiger partial charge in [-0.3, -0.25) is 4.79 Å². The van der Waals surface area contributed by atoms with Crippen LogP contribution in [0.25, 0.3) is 11.5 Å². The minimum atomic E-state index is -0.202. The Balaban J connectivity index is 1.57. The molecule has 0 aliphatic heterocycles. The molecular formula is C20H21N3O3. The van der Waals surface area contributed by atoms with Crippen LogP contribution in [0.3, 0.4) is 0 Å². The molecule has 1 N–H and O–H groups in total. The van der Waals surface area contributed by atoms with Crippen molar-refractivity contribution in [3.05, 3.63) is 59.5 Å². The minimum absolute atomic E-state index is 0.0622. The van der Waals surface area contributed by atoms with E-state index in [4.69, 9.17) is 9.15 Å². The second kappa shape index (κ2) is 7.82. The van der Waals surface area contributed by atoms with Crippen molar-refractivity contribution in [2.75, 3.05) is 11.9 Å². The smallest absolute Gasteiger partial charge is 0.262 e. The predicted octanol–water partition coefficient (Wildman–Crippen LogP) is 3.93. The van der Waals surface area contributed by atoms with Gasteiger partial charge in [-0.1, -0.05) is 19.1 Å². The summed E-state index contributed by atoms with van der Waals surface area (Å²) in [7, 11) is 0. The molecule has 134 valence electrons. The Morgan fingerprint density at radius 3 is 2.58 bits per heavy atom. The topological polar surface area (TPSA) is 77.2 Å². The van der Waals surface area contributed by atoms with E-state index in [-0.39, 0.29) is 12.5 Å². The second-order valence-corrected chi connectivity index (χ2v) is 6.03. The number of hydrogen-bond acceptors (Lipinski definition) is 5. The van der Waals surface area contributed by atoms with Crippen LogP contribution in [0.5, 0.6) is 5.75 Å². The molecule has 0 saturated carbocycles. The number of nitrogens with zero attached hydrogens (tertiary/aromatic N) is 2. The first-order valence-corrected chi connectivity index (χ1v) is 8.48. The number of hydrogen-bond donors (Lipinski definition) is 1. The summed E-state index contributed by atoms with van der Waals surface area (Å²) in [5.41, 5.74) is 3.72. The third-order valence-corrected chi connectivity index (χ3v) is 3.91. The Hall–Kier alpha value is -3.15. The maximum absolute atomic E-state index is 12.1. The zero-order valence-electron chi connectivity index (χ0n) is 15.1. The van der Waals surface area contributed by atoms with Crippen LogP contribution < -0.4 is 10.1 Å². The number of aromatic nitrogens is 2. The molecule has 0 aliphatic rings. The number of anilines is 1. The molecule has 0 fully saturated rings. The lowest BCUT2D eigenvalue weighted by Gasteiger charge is -2.10. The molecule has 0 bridgehead atoms. The monoisotopic (exact) mass is 351 g/mol. The highest BCUT2D eigenvalue weighted by Crippen LogP contribution is 2.21. The van der Waals surface area contributed by atoms with Crippen molar-refractivity contribution in [2.45, 2.75) is 27.2 Å². The quantitative estimate of drug-likeness (QED) is 0.728. The molecule has 2 aromatic carbocycles. The van der Waals surface area contributed by atoms with Crippen LogP contribution in [-0.4, -0.2) is 22.7 Å². The summed E-state index contributed by atoms with van der Waals surface area (Å²) < 4.78 is 11.1. The number of carbonyl (C=O) groups is 1. The van der Waals surface area contributed by atoms with Crippen molar-refractivity contribution >= 4 is 11.6 Å².